The fourth-order valence-electron chi connectivity index (χ4n) is 1.51. The number of nitrogens with zero attached hydrogens (tertiary/aromatic N) is 1. The van der Waals surface area contributed by atoms with Gasteiger partial charge < -0.3 is 5.32 Å². The van der Waals surface area contributed by atoms with Crippen LogP contribution >= 0.6 is 0 Å². The highest BCUT2D eigenvalue weighted by Crippen LogP contribution is 2.13. The third-order valence-corrected chi connectivity index (χ3v) is 3.20. The quantitative estimate of drug-likeness (QED) is 0.797. The van der Waals surface area contributed by atoms with Crippen molar-refractivity contribution in [3.63, 3.8) is 0 Å². The molecule has 0 unspecified atom stereocenters. The normalized spacial score (nSPS) is 13.0. The summed E-state index contributed by atoms with van der Waals surface area (Å²) in [5.41, 5.74) is 1.81. The average Bonchev–Trinajstić information content (AvgIpc) is 2.34. The maximum Gasteiger partial charge on any atom is 0.235 e. The van der Waals surface area contributed by atoms with E-state index in [0.29, 0.717) is 6.42 Å². The Morgan fingerprint density at radius 2 is 2.11 bits per heavy atom. The molecule has 0 aliphatic rings. The molecular weight excluding hydrogens is 266 g/mol. The molecule has 0 fully saturated rings. The smallest absolute Gasteiger partial charge is 0.235 e. The van der Waals surface area contributed by atoms with E-state index in [9.17, 15) is 13.2 Å². The Morgan fingerprint density at radius 1 is 1.42 bits per heavy atom. The molecule has 2 N–H and O–H groups in total. The molecule has 1 aromatic rings. The van der Waals surface area contributed by atoms with Crippen molar-refractivity contribution in [1.82, 2.24) is 15.0 Å². The first-order valence-corrected chi connectivity index (χ1v) is 7.87. The van der Waals surface area contributed by atoms with E-state index in [1.54, 1.807) is 6.20 Å². The summed E-state index contributed by atoms with van der Waals surface area (Å²) in [6.45, 7) is 3.60. The number of amides is 1. The average molecular weight is 285 g/mol. The summed E-state index contributed by atoms with van der Waals surface area (Å²) in [7, 11) is -3.36. The van der Waals surface area contributed by atoms with E-state index in [1.807, 2.05) is 26.0 Å². The van der Waals surface area contributed by atoms with E-state index in [1.165, 1.54) is 0 Å². The Hall–Kier alpha value is -1.47. The van der Waals surface area contributed by atoms with Gasteiger partial charge in [-0.2, -0.15) is 0 Å². The van der Waals surface area contributed by atoms with Gasteiger partial charge in [0.2, 0.25) is 15.9 Å². The van der Waals surface area contributed by atoms with Crippen LogP contribution in [0, 0.1) is 6.92 Å². The summed E-state index contributed by atoms with van der Waals surface area (Å²) < 4.78 is 23.9. The van der Waals surface area contributed by atoms with Crippen LogP contribution in [0.1, 0.15) is 30.6 Å². The molecule has 0 spiro atoms. The Labute approximate surface area is 113 Å². The zero-order valence-corrected chi connectivity index (χ0v) is 12.1. The van der Waals surface area contributed by atoms with Gasteiger partial charge in [0.05, 0.1) is 24.5 Å². The summed E-state index contributed by atoms with van der Waals surface area (Å²) in [6, 6.07) is 3.56. The van der Waals surface area contributed by atoms with E-state index in [2.05, 4.69) is 15.0 Å². The fraction of sp³-hybridized carbons (Fsp3) is 0.500. The van der Waals surface area contributed by atoms with Gasteiger partial charge in [0.15, 0.2) is 0 Å². The maximum absolute atomic E-state index is 11.6. The number of hydrogen-bond donors (Lipinski definition) is 2. The molecule has 19 heavy (non-hydrogen) atoms. The summed E-state index contributed by atoms with van der Waals surface area (Å²) in [5, 5.41) is 2.75. The molecule has 106 valence electrons. The predicted octanol–water partition coefficient (Wildman–Crippen LogP) is 0.507. The number of rotatable bonds is 6. The minimum absolute atomic E-state index is 0.213. The lowest BCUT2D eigenvalue weighted by Gasteiger charge is -2.16. The van der Waals surface area contributed by atoms with Crippen molar-refractivity contribution in [1.29, 1.82) is 0 Å². The van der Waals surface area contributed by atoms with Gasteiger partial charge >= 0.3 is 0 Å². The van der Waals surface area contributed by atoms with E-state index in [-0.39, 0.29) is 18.5 Å². The second kappa shape index (κ2) is 6.63. The lowest BCUT2D eigenvalue weighted by molar-refractivity contribution is -0.120. The van der Waals surface area contributed by atoms with Gasteiger partial charge in [-0.05, 0) is 25.0 Å². The second-order valence-corrected chi connectivity index (χ2v) is 6.22. The Balaban J connectivity index is 2.62. The molecule has 0 saturated heterocycles. The zero-order valence-electron chi connectivity index (χ0n) is 11.3. The number of carbonyl (C=O) groups is 1. The van der Waals surface area contributed by atoms with Crippen LogP contribution in [0.25, 0.3) is 0 Å². The molecule has 6 nitrogen and oxygen atoms in total. The summed E-state index contributed by atoms with van der Waals surface area (Å²) in [5.74, 6) is -0.375. The van der Waals surface area contributed by atoms with Crippen LogP contribution in [0.3, 0.4) is 0 Å². The molecule has 0 radical (unpaired) electrons. The molecule has 7 heteroatoms. The van der Waals surface area contributed by atoms with Crippen molar-refractivity contribution in [3.8, 4) is 0 Å². The maximum atomic E-state index is 11.6. The van der Waals surface area contributed by atoms with E-state index < -0.39 is 10.0 Å². The van der Waals surface area contributed by atoms with Crippen molar-refractivity contribution < 1.29 is 13.2 Å². The van der Waals surface area contributed by atoms with E-state index in [0.717, 1.165) is 17.5 Å². The number of carbonyl (C=O) groups excluding carboxylic acids is 1. The standard InChI is InChI=1S/C12H19N3O3S/c1-4-10(11-6-5-9(2)7-13-11)15-12(16)8-14-19(3,17)18/h5-7,10,14H,4,8H2,1-3H3,(H,15,16)/t10-/m1/s1. The van der Waals surface area contributed by atoms with Gasteiger partial charge in [-0.15, -0.1) is 0 Å². The van der Waals surface area contributed by atoms with Crippen molar-refractivity contribution in [3.05, 3.63) is 29.6 Å². The van der Waals surface area contributed by atoms with Gasteiger partial charge in [0.1, 0.15) is 0 Å². The van der Waals surface area contributed by atoms with Crippen LogP contribution in [-0.2, 0) is 14.8 Å². The lowest BCUT2D eigenvalue weighted by Crippen LogP contribution is -2.38. The Morgan fingerprint density at radius 3 is 2.58 bits per heavy atom. The second-order valence-electron chi connectivity index (χ2n) is 4.38. The van der Waals surface area contributed by atoms with Gasteiger partial charge in [-0.1, -0.05) is 13.0 Å². The monoisotopic (exact) mass is 285 g/mol. The Bertz CT molecular complexity index is 526. The summed E-state index contributed by atoms with van der Waals surface area (Å²) in [6.07, 6.45) is 3.43. The van der Waals surface area contributed by atoms with Crippen molar-refractivity contribution in [2.75, 3.05) is 12.8 Å². The highest BCUT2D eigenvalue weighted by molar-refractivity contribution is 7.88. The fourth-order valence-corrected chi connectivity index (χ4v) is 1.91. The topological polar surface area (TPSA) is 88.2 Å². The first kappa shape index (κ1) is 15.6. The van der Waals surface area contributed by atoms with Crippen LogP contribution in [0.4, 0.5) is 0 Å². The van der Waals surface area contributed by atoms with Gasteiger partial charge in [-0.25, -0.2) is 13.1 Å². The number of nitrogens with one attached hydrogen (secondary N) is 2. The minimum atomic E-state index is -3.36. The number of pyridine rings is 1. The molecule has 0 bridgehead atoms. The molecule has 1 heterocycles. The van der Waals surface area contributed by atoms with Gasteiger partial charge in [0.25, 0.3) is 0 Å². The molecule has 1 atom stereocenters. The van der Waals surface area contributed by atoms with Crippen LogP contribution in [0.2, 0.25) is 0 Å². The van der Waals surface area contributed by atoms with E-state index >= 15 is 0 Å². The highest BCUT2D eigenvalue weighted by Gasteiger charge is 2.14. The van der Waals surface area contributed by atoms with Crippen molar-refractivity contribution in [2.24, 2.45) is 0 Å². The summed E-state index contributed by atoms with van der Waals surface area (Å²) in [4.78, 5) is 15.9. The summed E-state index contributed by atoms with van der Waals surface area (Å²) >= 11 is 0. The third-order valence-electron chi connectivity index (χ3n) is 2.53. The van der Waals surface area contributed by atoms with Crippen molar-refractivity contribution >= 4 is 15.9 Å². The minimum Gasteiger partial charge on any atom is -0.347 e. The lowest BCUT2D eigenvalue weighted by atomic mass is 10.1. The predicted molar refractivity (Wildman–Crippen MR) is 73.0 cm³/mol. The zero-order chi connectivity index (χ0) is 14.5. The first-order valence-electron chi connectivity index (χ1n) is 5.98. The van der Waals surface area contributed by atoms with Crippen LogP contribution in [-0.4, -0.2) is 32.1 Å². The number of sulfonamides is 1. The first-order chi connectivity index (χ1) is 8.81. The molecule has 0 saturated carbocycles. The van der Waals surface area contributed by atoms with Crippen molar-refractivity contribution in [2.45, 2.75) is 26.3 Å². The van der Waals surface area contributed by atoms with Gasteiger partial charge in [-0.3, -0.25) is 9.78 Å². The largest absolute Gasteiger partial charge is 0.347 e. The van der Waals surface area contributed by atoms with Crippen LogP contribution < -0.4 is 10.0 Å². The molecule has 1 amide bonds. The van der Waals surface area contributed by atoms with Gasteiger partial charge in [0, 0.05) is 6.20 Å². The molecule has 1 aromatic heterocycles. The molecular formula is C12H19N3O3S. The SMILES string of the molecule is CC[C@@H](NC(=O)CNS(C)(=O)=O)c1ccc(C)cn1. The number of aryl methyl sites for hydroxylation is 1. The Kier molecular flexibility index (Phi) is 5.44. The molecule has 0 aliphatic heterocycles. The van der Waals surface area contributed by atoms with Crippen LogP contribution in [0.5, 0.6) is 0 Å². The number of hydrogen-bond acceptors (Lipinski definition) is 4. The van der Waals surface area contributed by atoms with E-state index in [4.69, 9.17) is 0 Å². The number of aromatic nitrogens is 1. The highest BCUT2D eigenvalue weighted by atomic mass is 32.2. The molecule has 0 aliphatic carbocycles. The molecule has 1 rings (SSSR count). The van der Waals surface area contributed by atoms with Crippen LogP contribution in [0.15, 0.2) is 18.3 Å². The third kappa shape index (κ3) is 5.80. The molecule has 0 aromatic carbocycles.